The number of benzene rings is 2. The molecule has 0 amide bonds. The van der Waals surface area contributed by atoms with Crippen LogP contribution < -0.4 is 0 Å². The van der Waals surface area contributed by atoms with Gasteiger partial charge in [0.1, 0.15) is 18.0 Å². The molecule has 0 radical (unpaired) electrons. The first-order valence-electron chi connectivity index (χ1n) is 8.47. The number of hydrogen-bond acceptors (Lipinski definition) is 6. The van der Waals surface area contributed by atoms with Gasteiger partial charge >= 0.3 is 5.92 Å². The number of rotatable bonds is 6. The average molecular weight is 549 g/mol. The zero-order valence-electron chi connectivity index (χ0n) is 14.9. The second-order valence-corrected chi connectivity index (χ2v) is 8.31. The van der Waals surface area contributed by atoms with Crippen LogP contribution in [0.3, 0.4) is 0 Å². The van der Waals surface area contributed by atoms with E-state index < -0.39 is 40.3 Å². The predicted octanol–water partition coefficient (Wildman–Crippen LogP) is 4.18. The van der Waals surface area contributed by atoms with Crippen LogP contribution in [-0.2, 0) is 22.5 Å². The third kappa shape index (κ3) is 3.56. The molecule has 6 nitrogen and oxygen atoms in total. The van der Waals surface area contributed by atoms with Gasteiger partial charge in [-0.15, -0.1) is 16.4 Å². The van der Waals surface area contributed by atoms with Crippen LogP contribution in [0, 0.1) is 11.6 Å². The molecule has 0 saturated heterocycles. The SMILES string of the molecule is OC(Cn1cnnn1)(c1ccc(F)cc1F)C(F)(F)c1nc2ccc(CI)cc2s1. The maximum Gasteiger partial charge on any atom is 0.332 e. The van der Waals surface area contributed by atoms with Gasteiger partial charge in [-0.05, 0) is 40.3 Å². The van der Waals surface area contributed by atoms with Gasteiger partial charge in [-0.1, -0.05) is 28.7 Å². The third-order valence-electron chi connectivity index (χ3n) is 4.55. The van der Waals surface area contributed by atoms with Gasteiger partial charge in [-0.3, -0.25) is 0 Å². The van der Waals surface area contributed by atoms with Crippen molar-refractivity contribution in [3.8, 4) is 0 Å². The fourth-order valence-corrected chi connectivity index (χ4v) is 4.58. The van der Waals surface area contributed by atoms with Crippen molar-refractivity contribution in [3.05, 3.63) is 70.5 Å². The lowest BCUT2D eigenvalue weighted by molar-refractivity contribution is -0.205. The van der Waals surface area contributed by atoms with Crippen molar-refractivity contribution in [1.29, 1.82) is 0 Å². The minimum Gasteiger partial charge on any atom is -0.377 e. The number of aromatic nitrogens is 5. The highest BCUT2D eigenvalue weighted by atomic mass is 127. The van der Waals surface area contributed by atoms with E-state index in [-0.39, 0.29) is 0 Å². The Balaban J connectivity index is 1.88. The van der Waals surface area contributed by atoms with Gasteiger partial charge < -0.3 is 5.11 Å². The second-order valence-electron chi connectivity index (χ2n) is 6.52. The molecule has 1 unspecified atom stereocenters. The topological polar surface area (TPSA) is 76.7 Å². The van der Waals surface area contributed by atoms with Crippen LogP contribution in [0.2, 0.25) is 0 Å². The van der Waals surface area contributed by atoms with Crippen LogP contribution in [0.15, 0.2) is 42.7 Å². The van der Waals surface area contributed by atoms with Crippen LogP contribution in [0.25, 0.3) is 10.2 Å². The number of aliphatic hydroxyl groups is 1. The summed E-state index contributed by atoms with van der Waals surface area (Å²) in [5.74, 6) is -6.33. The Morgan fingerprint density at radius 3 is 2.60 bits per heavy atom. The van der Waals surface area contributed by atoms with E-state index in [0.717, 1.165) is 28.7 Å². The molecular weight excluding hydrogens is 537 g/mol. The molecule has 4 aromatic rings. The average Bonchev–Trinajstić information content (AvgIpc) is 3.36. The van der Waals surface area contributed by atoms with Crippen molar-refractivity contribution in [2.75, 3.05) is 0 Å². The highest BCUT2D eigenvalue weighted by Crippen LogP contribution is 2.49. The number of hydrogen-bond donors (Lipinski definition) is 1. The fraction of sp³-hybridized carbons (Fsp3) is 0.222. The van der Waals surface area contributed by atoms with E-state index in [9.17, 15) is 13.9 Å². The van der Waals surface area contributed by atoms with Gasteiger partial charge in [0, 0.05) is 16.1 Å². The summed E-state index contributed by atoms with van der Waals surface area (Å²) >= 11 is 2.84. The normalized spacial score (nSPS) is 14.2. The first-order chi connectivity index (χ1) is 14.2. The van der Waals surface area contributed by atoms with E-state index in [0.29, 0.717) is 32.0 Å². The zero-order chi connectivity index (χ0) is 21.5. The molecule has 0 spiro atoms. The zero-order valence-corrected chi connectivity index (χ0v) is 17.9. The quantitative estimate of drug-likeness (QED) is 0.222. The van der Waals surface area contributed by atoms with E-state index >= 15 is 8.78 Å². The Kier molecular flexibility index (Phi) is 5.48. The Hall–Kier alpha value is -2.19. The maximum atomic E-state index is 15.7. The molecule has 30 heavy (non-hydrogen) atoms. The highest BCUT2D eigenvalue weighted by molar-refractivity contribution is 14.1. The van der Waals surface area contributed by atoms with E-state index in [2.05, 4.69) is 43.1 Å². The van der Waals surface area contributed by atoms with Crippen LogP contribution in [-0.4, -0.2) is 30.3 Å². The van der Waals surface area contributed by atoms with E-state index in [1.54, 1.807) is 18.2 Å². The Morgan fingerprint density at radius 1 is 1.13 bits per heavy atom. The Bertz CT molecular complexity index is 1200. The summed E-state index contributed by atoms with van der Waals surface area (Å²) in [5, 5.41) is 20.7. The minimum absolute atomic E-state index is 0.327. The lowest BCUT2D eigenvalue weighted by Crippen LogP contribution is -2.47. The van der Waals surface area contributed by atoms with E-state index in [1.165, 1.54) is 0 Å². The molecule has 156 valence electrons. The largest absolute Gasteiger partial charge is 0.377 e. The van der Waals surface area contributed by atoms with Gasteiger partial charge in [0.2, 0.25) is 0 Å². The Labute approximate surface area is 184 Å². The number of thiazole rings is 1. The summed E-state index contributed by atoms with van der Waals surface area (Å²) in [6.45, 7) is -0.884. The van der Waals surface area contributed by atoms with Gasteiger partial charge in [0.15, 0.2) is 10.6 Å². The van der Waals surface area contributed by atoms with Crippen molar-refractivity contribution in [3.63, 3.8) is 0 Å². The van der Waals surface area contributed by atoms with Crippen molar-refractivity contribution < 1.29 is 22.7 Å². The summed E-state index contributed by atoms with van der Waals surface area (Å²) in [7, 11) is 0. The molecule has 0 fully saturated rings. The van der Waals surface area contributed by atoms with E-state index in [4.69, 9.17) is 0 Å². The molecule has 2 aromatic heterocycles. The van der Waals surface area contributed by atoms with Crippen LogP contribution in [0.1, 0.15) is 16.1 Å². The van der Waals surface area contributed by atoms with Gasteiger partial charge in [-0.25, -0.2) is 18.4 Å². The minimum atomic E-state index is -4.05. The lowest BCUT2D eigenvalue weighted by Gasteiger charge is -2.34. The molecule has 2 aromatic carbocycles. The molecule has 2 heterocycles. The summed E-state index contributed by atoms with van der Waals surface area (Å²) in [6.07, 6.45) is 1.01. The molecule has 0 aliphatic rings. The van der Waals surface area contributed by atoms with E-state index in [1.807, 2.05) is 0 Å². The third-order valence-corrected chi connectivity index (χ3v) is 6.52. The molecule has 0 aliphatic heterocycles. The summed E-state index contributed by atoms with van der Waals surface area (Å²) in [4.78, 5) is 3.98. The number of fused-ring (bicyclic) bond motifs is 1. The maximum absolute atomic E-state index is 15.7. The molecule has 0 bridgehead atoms. The number of tetrazole rings is 1. The molecule has 1 atom stereocenters. The first-order valence-corrected chi connectivity index (χ1v) is 10.8. The number of halogens is 5. The standard InChI is InChI=1S/C18H12F4IN5OS/c19-11-2-3-12(13(20)6-11)17(29,8-28-9-24-26-27-28)18(21,22)16-25-14-4-1-10(7-23)5-15(14)30-16/h1-6,9,29H,7-8H2. The monoisotopic (exact) mass is 549 g/mol. The molecule has 12 heteroatoms. The van der Waals surface area contributed by atoms with Crippen molar-refractivity contribution in [2.24, 2.45) is 0 Å². The summed E-state index contributed by atoms with van der Waals surface area (Å²) in [6, 6.07) is 7.12. The van der Waals surface area contributed by atoms with Gasteiger partial charge in [-0.2, -0.15) is 8.78 Å². The second kappa shape index (κ2) is 7.81. The predicted molar refractivity (Wildman–Crippen MR) is 109 cm³/mol. The number of alkyl halides is 3. The molecule has 4 rings (SSSR count). The van der Waals surface area contributed by atoms with Gasteiger partial charge in [0.25, 0.3) is 0 Å². The van der Waals surface area contributed by atoms with Crippen molar-refractivity contribution >= 4 is 44.1 Å². The molecule has 1 N–H and O–H groups in total. The lowest BCUT2D eigenvalue weighted by atomic mass is 9.86. The summed E-state index contributed by atoms with van der Waals surface area (Å²) < 4.78 is 61.4. The molecule has 0 aliphatic carbocycles. The smallest absolute Gasteiger partial charge is 0.332 e. The van der Waals surface area contributed by atoms with Crippen molar-refractivity contribution in [2.45, 2.75) is 22.5 Å². The highest BCUT2D eigenvalue weighted by Gasteiger charge is 2.59. The van der Waals surface area contributed by atoms with Crippen LogP contribution in [0.4, 0.5) is 17.6 Å². The summed E-state index contributed by atoms with van der Waals surface area (Å²) in [5.41, 5.74) is -2.68. The Morgan fingerprint density at radius 2 is 1.93 bits per heavy atom. The first kappa shape index (κ1) is 21.1. The molecular formula is C18H12F4IN5OS. The van der Waals surface area contributed by atoms with Gasteiger partial charge in [0.05, 0.1) is 16.8 Å². The molecule has 0 saturated carbocycles. The fourth-order valence-electron chi connectivity index (χ4n) is 3.03. The number of nitrogens with zero attached hydrogens (tertiary/aromatic N) is 5. The van der Waals surface area contributed by atoms with Crippen LogP contribution >= 0.6 is 33.9 Å². The van der Waals surface area contributed by atoms with Crippen molar-refractivity contribution in [1.82, 2.24) is 25.2 Å². The van der Waals surface area contributed by atoms with Crippen LogP contribution in [0.5, 0.6) is 0 Å².